The van der Waals surface area contributed by atoms with Crippen molar-refractivity contribution in [2.45, 2.75) is 38.8 Å². The fourth-order valence-electron chi connectivity index (χ4n) is 4.44. The van der Waals surface area contributed by atoms with Gasteiger partial charge in [0.1, 0.15) is 5.82 Å². The molecular formula is C28H24F3N3O2. The lowest BCUT2D eigenvalue weighted by molar-refractivity contribution is -0.137. The molecule has 0 aliphatic carbocycles. The number of hydrogen-bond acceptors (Lipinski definition) is 3. The van der Waals surface area contributed by atoms with Gasteiger partial charge >= 0.3 is 11.9 Å². The first-order chi connectivity index (χ1) is 17.4. The summed E-state index contributed by atoms with van der Waals surface area (Å²) < 4.78 is 50.5. The third kappa shape index (κ3) is 3.92. The van der Waals surface area contributed by atoms with Crippen LogP contribution in [0, 0.1) is 0 Å². The van der Waals surface area contributed by atoms with Gasteiger partial charge in [0.2, 0.25) is 0 Å². The van der Waals surface area contributed by atoms with Crippen LogP contribution in [0.2, 0.25) is 0 Å². The highest BCUT2D eigenvalue weighted by Gasteiger charge is 2.35. The molecule has 1 unspecified atom stereocenters. The van der Waals surface area contributed by atoms with Crippen molar-refractivity contribution in [2.75, 3.05) is 4.90 Å². The number of nitrogens with zero attached hydrogens (tertiary/aromatic N) is 2. The molecule has 4 aromatic rings. The Morgan fingerprint density at radius 3 is 2.11 bits per heavy atom. The molecule has 0 amide bonds. The minimum Gasteiger partial charge on any atom is -0.296 e. The van der Waals surface area contributed by atoms with E-state index in [0.29, 0.717) is 21.5 Å². The van der Waals surface area contributed by atoms with Crippen LogP contribution in [0.25, 0.3) is 5.69 Å². The van der Waals surface area contributed by atoms with Crippen molar-refractivity contribution in [3.05, 3.63) is 116 Å². The third-order valence-corrected chi connectivity index (χ3v) is 6.26. The summed E-state index contributed by atoms with van der Waals surface area (Å²) in [4.78, 5) is 31.2. The molecule has 1 N–H and O–H groups in total. The third-order valence-electron chi connectivity index (χ3n) is 6.26. The summed E-state index contributed by atoms with van der Waals surface area (Å²) in [6.07, 6.45) is -6.00. The van der Waals surface area contributed by atoms with E-state index in [2.05, 4.69) is 25.8 Å². The van der Waals surface area contributed by atoms with E-state index in [-0.39, 0.29) is 16.8 Å². The van der Waals surface area contributed by atoms with Crippen molar-refractivity contribution in [3.8, 4) is 5.69 Å². The van der Waals surface area contributed by atoms with E-state index in [1.807, 2.05) is 24.3 Å². The van der Waals surface area contributed by atoms with Crippen LogP contribution in [0.15, 0.2) is 82.4 Å². The second kappa shape index (κ2) is 8.26. The summed E-state index contributed by atoms with van der Waals surface area (Å²) in [5.41, 5.74) is -1.11. The van der Waals surface area contributed by atoms with Crippen LogP contribution in [-0.2, 0) is 18.0 Å². The van der Waals surface area contributed by atoms with Crippen LogP contribution in [0.1, 0.15) is 44.4 Å². The molecule has 0 spiro atoms. The fraction of sp³-hybridized carbons (Fsp3) is 0.214. The van der Waals surface area contributed by atoms with Crippen LogP contribution in [0.4, 0.5) is 30.4 Å². The van der Waals surface area contributed by atoms with Crippen LogP contribution < -0.4 is 16.1 Å². The second-order valence-electron chi connectivity index (χ2n) is 9.68. The number of halogens is 3. The van der Waals surface area contributed by atoms with Crippen molar-refractivity contribution >= 4 is 17.2 Å². The molecule has 8 heteroatoms. The van der Waals surface area contributed by atoms with E-state index in [1.54, 1.807) is 29.2 Å². The number of fused-ring (bicyclic) bond motifs is 2. The molecule has 2 heterocycles. The van der Waals surface area contributed by atoms with E-state index in [0.717, 1.165) is 17.7 Å². The molecule has 1 aliphatic rings. The molecule has 5 nitrogen and oxygen atoms in total. The molecule has 36 heavy (non-hydrogen) atoms. The van der Waals surface area contributed by atoms with Gasteiger partial charge in [-0.3, -0.25) is 14.7 Å². The minimum atomic E-state index is -4.79. The lowest BCUT2D eigenvalue weighted by Gasteiger charge is -2.33. The summed E-state index contributed by atoms with van der Waals surface area (Å²) in [7, 11) is 0. The van der Waals surface area contributed by atoms with Gasteiger partial charge in [0.15, 0.2) is 0 Å². The van der Waals surface area contributed by atoms with Gasteiger partial charge < -0.3 is 0 Å². The van der Waals surface area contributed by atoms with E-state index in [4.69, 9.17) is 1.37 Å². The Morgan fingerprint density at radius 1 is 0.861 bits per heavy atom. The molecule has 1 atom stereocenters. The van der Waals surface area contributed by atoms with Gasteiger partial charge in [-0.25, -0.2) is 9.36 Å². The molecule has 184 valence electrons. The number of rotatable bonds is 2. The molecule has 0 radical (unpaired) electrons. The molecule has 5 rings (SSSR count). The standard InChI is InChI=1S/C28H24F3N3O2/c1-27(2,3)18-12-14-19(15-13-18)33-22-10-6-4-8-17(22)16-20-24(33)32-26(36)34(25(20)35)23-11-7-5-9-21(23)28(29,30)31/h4-15H,16H2,1-3H3,(H,32,36)/i16D. The minimum absolute atomic E-state index is 0.0675. The van der Waals surface area contributed by atoms with Gasteiger partial charge in [0.25, 0.3) is 5.56 Å². The van der Waals surface area contributed by atoms with Gasteiger partial charge in [-0.1, -0.05) is 63.2 Å². The van der Waals surface area contributed by atoms with E-state index >= 15 is 0 Å². The average Bonchev–Trinajstić information content (AvgIpc) is 2.83. The van der Waals surface area contributed by atoms with E-state index in [9.17, 15) is 22.8 Å². The Hall–Kier alpha value is -4.07. The average molecular weight is 493 g/mol. The highest BCUT2D eigenvalue weighted by Crippen LogP contribution is 2.42. The molecule has 1 aliphatic heterocycles. The van der Waals surface area contributed by atoms with Crippen molar-refractivity contribution in [1.82, 2.24) is 9.55 Å². The fourth-order valence-corrected chi connectivity index (χ4v) is 4.44. The summed E-state index contributed by atoms with van der Waals surface area (Å²) >= 11 is 0. The molecule has 0 bridgehead atoms. The van der Waals surface area contributed by atoms with Crippen LogP contribution in [-0.4, -0.2) is 9.55 Å². The predicted molar refractivity (Wildman–Crippen MR) is 134 cm³/mol. The first kappa shape index (κ1) is 22.4. The number of anilines is 3. The highest BCUT2D eigenvalue weighted by atomic mass is 19.4. The van der Waals surface area contributed by atoms with Crippen molar-refractivity contribution in [3.63, 3.8) is 0 Å². The van der Waals surface area contributed by atoms with Gasteiger partial charge in [0.05, 0.1) is 22.5 Å². The predicted octanol–water partition coefficient (Wildman–Crippen LogP) is 6.22. The molecular weight excluding hydrogens is 467 g/mol. The number of aromatic amines is 1. The zero-order chi connectivity index (χ0) is 26.7. The van der Waals surface area contributed by atoms with E-state index < -0.39 is 35.1 Å². The first-order valence-electron chi connectivity index (χ1n) is 11.9. The van der Waals surface area contributed by atoms with Crippen LogP contribution in [0.5, 0.6) is 0 Å². The Balaban J connectivity index is 1.79. The number of H-pyrrole nitrogens is 1. The Morgan fingerprint density at radius 2 is 1.47 bits per heavy atom. The molecule has 3 aromatic carbocycles. The lowest BCUT2D eigenvalue weighted by Crippen LogP contribution is -2.40. The number of para-hydroxylation sites is 2. The Labute approximate surface area is 206 Å². The maximum atomic E-state index is 13.7. The summed E-state index contributed by atoms with van der Waals surface area (Å²) in [6.45, 7) is 6.24. The van der Waals surface area contributed by atoms with Crippen molar-refractivity contribution < 1.29 is 14.5 Å². The lowest BCUT2D eigenvalue weighted by atomic mass is 9.87. The zero-order valence-corrected chi connectivity index (χ0v) is 19.9. The quantitative estimate of drug-likeness (QED) is 0.362. The van der Waals surface area contributed by atoms with Gasteiger partial charge in [0, 0.05) is 13.5 Å². The maximum Gasteiger partial charge on any atom is 0.418 e. The number of benzene rings is 3. The van der Waals surface area contributed by atoms with Gasteiger partial charge in [-0.2, -0.15) is 13.2 Å². The normalized spacial score (nSPS) is 15.8. The molecule has 1 aromatic heterocycles. The monoisotopic (exact) mass is 492 g/mol. The highest BCUT2D eigenvalue weighted by molar-refractivity contribution is 5.81. The summed E-state index contributed by atoms with van der Waals surface area (Å²) in [6, 6.07) is 19.0. The number of hydrogen-bond donors (Lipinski definition) is 1. The summed E-state index contributed by atoms with van der Waals surface area (Å²) in [5.74, 6) is 0.0675. The number of aromatic nitrogens is 2. The molecule has 0 saturated carbocycles. The topological polar surface area (TPSA) is 58.1 Å². The molecule has 0 fully saturated rings. The maximum absolute atomic E-state index is 13.7. The van der Waals surface area contributed by atoms with Gasteiger partial charge in [-0.05, 0) is 46.9 Å². The van der Waals surface area contributed by atoms with Gasteiger partial charge in [-0.15, -0.1) is 0 Å². The second-order valence-corrected chi connectivity index (χ2v) is 9.68. The summed E-state index contributed by atoms with van der Waals surface area (Å²) in [5, 5.41) is 0. The van der Waals surface area contributed by atoms with Crippen molar-refractivity contribution in [2.24, 2.45) is 0 Å². The first-order valence-corrected chi connectivity index (χ1v) is 11.4. The van der Waals surface area contributed by atoms with Crippen LogP contribution >= 0.6 is 0 Å². The smallest absolute Gasteiger partial charge is 0.296 e. The number of nitrogens with one attached hydrogen (secondary N) is 1. The number of alkyl halides is 3. The largest absolute Gasteiger partial charge is 0.418 e. The van der Waals surface area contributed by atoms with E-state index in [1.165, 1.54) is 12.1 Å². The molecule has 0 saturated heterocycles. The SMILES string of the molecule is [2H]C1c2ccccc2N(c2ccc(C(C)(C)C)cc2)c2[nH]c(=O)n(-c3ccccc3C(F)(F)F)c(=O)c21. The van der Waals surface area contributed by atoms with Crippen molar-refractivity contribution in [1.29, 1.82) is 0 Å². The van der Waals surface area contributed by atoms with Crippen LogP contribution in [0.3, 0.4) is 0 Å². The Bertz CT molecular complexity index is 1620. The Kier molecular flexibility index (Phi) is 5.14. The zero-order valence-electron chi connectivity index (χ0n) is 20.9.